The molecule has 2 amide bonds. The number of carbonyl (C=O) groups excluding carboxylic acids is 2. The van der Waals surface area contributed by atoms with Gasteiger partial charge in [-0.25, -0.2) is 0 Å². The minimum Gasteiger partial charge on any atom is -0.366 e. The van der Waals surface area contributed by atoms with Crippen LogP contribution in [-0.2, 0) is 11.3 Å². The van der Waals surface area contributed by atoms with Crippen LogP contribution in [0.4, 0.5) is 5.00 Å². The van der Waals surface area contributed by atoms with E-state index in [-0.39, 0.29) is 11.9 Å². The van der Waals surface area contributed by atoms with Crippen LogP contribution < -0.4 is 11.1 Å². The van der Waals surface area contributed by atoms with E-state index in [4.69, 9.17) is 5.73 Å². The number of nitrogens with one attached hydrogen (secondary N) is 1. The second-order valence-corrected chi connectivity index (χ2v) is 6.26. The van der Waals surface area contributed by atoms with Crippen molar-refractivity contribution in [2.45, 2.75) is 19.5 Å². The maximum Gasteiger partial charge on any atom is 0.251 e. The molecule has 3 N–H and O–H groups in total. The third-order valence-corrected chi connectivity index (χ3v) is 4.83. The van der Waals surface area contributed by atoms with Gasteiger partial charge in [0.25, 0.3) is 5.91 Å². The fourth-order valence-corrected chi connectivity index (χ4v) is 3.60. The molecule has 116 valence electrons. The predicted octanol–water partition coefficient (Wildman–Crippen LogP) is 1.66. The van der Waals surface area contributed by atoms with E-state index in [1.165, 1.54) is 17.0 Å². The molecule has 6 nitrogen and oxygen atoms in total. The Labute approximate surface area is 132 Å². The fraction of sp³-hybridized carbons (Fsp3) is 0.333. The van der Waals surface area contributed by atoms with Crippen molar-refractivity contribution in [3.8, 4) is 0 Å². The van der Waals surface area contributed by atoms with Crippen molar-refractivity contribution in [1.29, 1.82) is 0 Å². The van der Waals surface area contributed by atoms with Gasteiger partial charge in [-0.2, -0.15) is 0 Å². The summed E-state index contributed by atoms with van der Waals surface area (Å²) in [6, 6.07) is 5.92. The number of primary amides is 1. The Balaban J connectivity index is 1.65. The highest BCUT2D eigenvalue weighted by atomic mass is 32.1. The van der Waals surface area contributed by atoms with E-state index in [0.717, 1.165) is 13.1 Å². The number of anilines is 1. The van der Waals surface area contributed by atoms with Gasteiger partial charge in [-0.3, -0.25) is 14.5 Å². The van der Waals surface area contributed by atoms with E-state index in [0.29, 0.717) is 17.1 Å². The zero-order valence-corrected chi connectivity index (χ0v) is 13.1. The van der Waals surface area contributed by atoms with Gasteiger partial charge in [0.05, 0.1) is 12.1 Å². The summed E-state index contributed by atoms with van der Waals surface area (Å²) < 4.78 is 2.21. The molecule has 1 aliphatic heterocycles. The van der Waals surface area contributed by atoms with Crippen LogP contribution in [0.25, 0.3) is 0 Å². The third-order valence-electron chi connectivity index (χ3n) is 4.00. The Morgan fingerprint density at radius 3 is 3.00 bits per heavy atom. The normalized spacial score (nSPS) is 18.0. The van der Waals surface area contributed by atoms with E-state index in [1.807, 2.05) is 6.07 Å². The second-order valence-electron chi connectivity index (χ2n) is 5.35. The highest BCUT2D eigenvalue weighted by Crippen LogP contribution is 2.26. The SMILES string of the molecule is CC1c2cccn2CCN1CC(=O)Nc1sccc1C(N)=O. The lowest BCUT2D eigenvalue weighted by atomic mass is 10.1. The molecule has 0 aromatic carbocycles. The van der Waals surface area contributed by atoms with Crippen LogP contribution in [0.2, 0.25) is 0 Å². The summed E-state index contributed by atoms with van der Waals surface area (Å²) in [6.07, 6.45) is 2.06. The van der Waals surface area contributed by atoms with Crippen LogP contribution in [-0.4, -0.2) is 34.4 Å². The van der Waals surface area contributed by atoms with E-state index < -0.39 is 5.91 Å². The van der Waals surface area contributed by atoms with Crippen molar-refractivity contribution >= 4 is 28.2 Å². The summed E-state index contributed by atoms with van der Waals surface area (Å²) >= 11 is 1.30. The van der Waals surface area contributed by atoms with Gasteiger partial charge in [-0.1, -0.05) is 0 Å². The van der Waals surface area contributed by atoms with Crippen molar-refractivity contribution < 1.29 is 9.59 Å². The summed E-state index contributed by atoms with van der Waals surface area (Å²) in [5.74, 6) is -0.655. The molecule has 3 heterocycles. The molecule has 2 aromatic rings. The first-order chi connectivity index (χ1) is 10.6. The molecule has 0 bridgehead atoms. The fourth-order valence-electron chi connectivity index (χ4n) is 2.79. The highest BCUT2D eigenvalue weighted by molar-refractivity contribution is 7.14. The van der Waals surface area contributed by atoms with Crippen molar-refractivity contribution in [3.63, 3.8) is 0 Å². The van der Waals surface area contributed by atoms with Gasteiger partial charge in [-0.15, -0.1) is 11.3 Å². The summed E-state index contributed by atoms with van der Waals surface area (Å²) in [5.41, 5.74) is 6.86. The van der Waals surface area contributed by atoms with Crippen LogP contribution in [0.5, 0.6) is 0 Å². The van der Waals surface area contributed by atoms with Crippen molar-refractivity contribution in [2.24, 2.45) is 5.73 Å². The lowest BCUT2D eigenvalue weighted by Crippen LogP contribution is -2.41. The molecule has 0 radical (unpaired) electrons. The first kappa shape index (κ1) is 14.8. The number of amides is 2. The van der Waals surface area contributed by atoms with Crippen molar-refractivity contribution in [2.75, 3.05) is 18.4 Å². The number of aromatic nitrogens is 1. The number of fused-ring (bicyclic) bond motifs is 1. The van der Waals surface area contributed by atoms with E-state index in [2.05, 4.69) is 34.0 Å². The number of thiophene rings is 1. The first-order valence-electron chi connectivity index (χ1n) is 7.12. The van der Waals surface area contributed by atoms with Gasteiger partial charge in [-0.05, 0) is 30.5 Å². The molecule has 1 atom stereocenters. The third kappa shape index (κ3) is 2.77. The highest BCUT2D eigenvalue weighted by Gasteiger charge is 2.25. The monoisotopic (exact) mass is 318 g/mol. The molecule has 0 spiro atoms. The maximum absolute atomic E-state index is 12.2. The van der Waals surface area contributed by atoms with Gasteiger partial charge in [0.2, 0.25) is 5.91 Å². The van der Waals surface area contributed by atoms with Crippen LogP contribution >= 0.6 is 11.3 Å². The lowest BCUT2D eigenvalue weighted by molar-refractivity contribution is -0.118. The van der Waals surface area contributed by atoms with Gasteiger partial charge in [0, 0.05) is 31.0 Å². The van der Waals surface area contributed by atoms with Crippen LogP contribution in [0.15, 0.2) is 29.8 Å². The zero-order chi connectivity index (χ0) is 15.7. The molecule has 2 aromatic heterocycles. The zero-order valence-electron chi connectivity index (χ0n) is 12.3. The van der Waals surface area contributed by atoms with Gasteiger partial charge in [0.1, 0.15) is 5.00 Å². The van der Waals surface area contributed by atoms with Gasteiger partial charge in [0.15, 0.2) is 0 Å². The minimum absolute atomic E-state index is 0.128. The average molecular weight is 318 g/mol. The molecule has 22 heavy (non-hydrogen) atoms. The second kappa shape index (κ2) is 5.94. The predicted molar refractivity (Wildman–Crippen MR) is 85.9 cm³/mol. The summed E-state index contributed by atoms with van der Waals surface area (Å²) in [4.78, 5) is 25.6. The lowest BCUT2D eigenvalue weighted by Gasteiger charge is -2.34. The van der Waals surface area contributed by atoms with E-state index in [1.54, 1.807) is 11.4 Å². The number of carbonyl (C=O) groups is 2. The van der Waals surface area contributed by atoms with Crippen LogP contribution in [0.1, 0.15) is 29.0 Å². The molecule has 1 aliphatic rings. The Morgan fingerprint density at radius 2 is 2.23 bits per heavy atom. The molecule has 1 unspecified atom stereocenters. The van der Waals surface area contributed by atoms with Crippen LogP contribution in [0, 0.1) is 0 Å². The molecule has 0 aliphatic carbocycles. The Kier molecular flexibility index (Phi) is 4.00. The average Bonchev–Trinajstić information content (AvgIpc) is 3.10. The number of rotatable bonds is 4. The molecule has 0 fully saturated rings. The maximum atomic E-state index is 12.2. The Hall–Kier alpha value is -2.12. The molecule has 3 rings (SSSR count). The largest absolute Gasteiger partial charge is 0.366 e. The quantitative estimate of drug-likeness (QED) is 0.900. The van der Waals surface area contributed by atoms with Gasteiger partial charge < -0.3 is 15.6 Å². The summed E-state index contributed by atoms with van der Waals surface area (Å²) in [6.45, 7) is 4.09. The molecule has 7 heteroatoms. The Morgan fingerprint density at radius 1 is 1.41 bits per heavy atom. The number of nitrogens with zero attached hydrogens (tertiary/aromatic N) is 2. The molecule has 0 saturated heterocycles. The summed E-state index contributed by atoms with van der Waals surface area (Å²) in [5, 5.41) is 5.05. The van der Waals surface area contributed by atoms with Crippen molar-refractivity contribution in [1.82, 2.24) is 9.47 Å². The molecule has 0 saturated carbocycles. The van der Waals surface area contributed by atoms with Gasteiger partial charge >= 0.3 is 0 Å². The first-order valence-corrected chi connectivity index (χ1v) is 8.00. The minimum atomic E-state index is -0.527. The van der Waals surface area contributed by atoms with Crippen LogP contribution in [0.3, 0.4) is 0 Å². The van der Waals surface area contributed by atoms with Crippen molar-refractivity contribution in [3.05, 3.63) is 41.0 Å². The Bertz CT molecular complexity index is 706. The topological polar surface area (TPSA) is 80.4 Å². The van der Waals surface area contributed by atoms with E-state index >= 15 is 0 Å². The summed E-state index contributed by atoms with van der Waals surface area (Å²) in [7, 11) is 0. The molecular weight excluding hydrogens is 300 g/mol. The number of nitrogens with two attached hydrogens (primary N) is 1. The smallest absolute Gasteiger partial charge is 0.251 e. The standard InChI is InChI=1S/C15H18N4O2S/c1-10-12-3-2-5-18(12)6-7-19(10)9-13(20)17-15-11(14(16)21)4-8-22-15/h2-5,8,10H,6-7,9H2,1H3,(H2,16,21)(H,17,20). The number of hydrogen-bond acceptors (Lipinski definition) is 4. The van der Waals surface area contributed by atoms with E-state index in [9.17, 15) is 9.59 Å². The number of hydrogen-bond donors (Lipinski definition) is 2. The molecular formula is C15H18N4O2S.